The second-order valence-electron chi connectivity index (χ2n) is 8.36. The van der Waals surface area contributed by atoms with Gasteiger partial charge in [0.05, 0.1) is 22.5 Å². The highest BCUT2D eigenvalue weighted by molar-refractivity contribution is 9.10. The molecule has 0 spiro atoms. The molecular weight excluding hydrogens is 472 g/mol. The highest BCUT2D eigenvalue weighted by Gasteiger charge is 2.61. The Hall–Kier alpha value is -3.45. The van der Waals surface area contributed by atoms with Gasteiger partial charge in [0.15, 0.2) is 0 Å². The molecule has 3 aromatic rings. The van der Waals surface area contributed by atoms with Gasteiger partial charge in [-0.3, -0.25) is 9.59 Å². The van der Waals surface area contributed by atoms with Crippen LogP contribution in [0.4, 0.5) is 0 Å². The first kappa shape index (κ1) is 19.3. The average Bonchev–Trinajstić information content (AvgIpc) is 3.06. The Morgan fingerprint density at radius 2 is 1.25 bits per heavy atom. The predicted octanol–water partition coefficient (Wildman–Crippen LogP) is 4.09. The van der Waals surface area contributed by atoms with Gasteiger partial charge >= 0.3 is 0 Å². The molecule has 2 N–H and O–H groups in total. The Balaban J connectivity index is 1.44. The van der Waals surface area contributed by atoms with Crippen LogP contribution >= 0.6 is 15.9 Å². The minimum Gasteiger partial charge on any atom is -0.507 e. The molecule has 6 nitrogen and oxygen atoms in total. The number of hydrazone groups is 1. The van der Waals surface area contributed by atoms with Crippen LogP contribution in [0.25, 0.3) is 0 Å². The van der Waals surface area contributed by atoms with Crippen molar-refractivity contribution in [3.8, 4) is 11.5 Å². The summed E-state index contributed by atoms with van der Waals surface area (Å²) in [6, 6.07) is 18.7. The SMILES string of the molecule is O=C1[C@@H]2C3c4ccccc4C(c4ccccc43)[C@H]2C(=O)N1/N=C\c1cc(Br)c(O)cc1O. The highest BCUT2D eigenvalue weighted by atomic mass is 79.9. The number of carbonyl (C=O) groups excluding carboxylic acids is 2. The Kier molecular flexibility index (Phi) is 4.07. The molecule has 1 fully saturated rings. The van der Waals surface area contributed by atoms with E-state index in [9.17, 15) is 19.8 Å². The van der Waals surface area contributed by atoms with Gasteiger partial charge in [0.25, 0.3) is 11.8 Å². The Bertz CT molecular complexity index is 1240. The van der Waals surface area contributed by atoms with E-state index in [1.165, 1.54) is 18.3 Å². The van der Waals surface area contributed by atoms with E-state index in [4.69, 9.17) is 0 Å². The molecule has 7 heteroatoms. The average molecular weight is 489 g/mol. The van der Waals surface area contributed by atoms with Gasteiger partial charge in [0.1, 0.15) is 11.5 Å². The van der Waals surface area contributed by atoms with E-state index in [1.807, 2.05) is 24.3 Å². The largest absolute Gasteiger partial charge is 0.507 e. The third-order valence-electron chi connectivity index (χ3n) is 6.83. The van der Waals surface area contributed by atoms with Crippen LogP contribution in [0.2, 0.25) is 0 Å². The van der Waals surface area contributed by atoms with Crippen LogP contribution in [0, 0.1) is 11.8 Å². The van der Waals surface area contributed by atoms with Crippen molar-refractivity contribution in [3.05, 3.63) is 93.0 Å². The van der Waals surface area contributed by atoms with Crippen molar-refractivity contribution in [2.24, 2.45) is 16.9 Å². The number of phenolic OH excluding ortho intramolecular Hbond substituents is 2. The summed E-state index contributed by atoms with van der Waals surface area (Å²) in [5.41, 5.74) is 4.68. The summed E-state index contributed by atoms with van der Waals surface area (Å²) in [5, 5.41) is 24.9. The number of halogens is 1. The quantitative estimate of drug-likeness (QED) is 0.419. The minimum absolute atomic E-state index is 0.119. The van der Waals surface area contributed by atoms with Crippen LogP contribution in [-0.2, 0) is 9.59 Å². The Labute approximate surface area is 191 Å². The fourth-order valence-electron chi connectivity index (χ4n) is 5.56. The van der Waals surface area contributed by atoms with Gasteiger partial charge in [-0.2, -0.15) is 10.1 Å². The first-order valence-corrected chi connectivity index (χ1v) is 11.1. The van der Waals surface area contributed by atoms with Crippen molar-refractivity contribution < 1.29 is 19.8 Å². The first-order valence-electron chi connectivity index (χ1n) is 10.3. The molecule has 3 aromatic carbocycles. The van der Waals surface area contributed by atoms with Crippen LogP contribution in [0.1, 0.15) is 39.7 Å². The minimum atomic E-state index is -0.505. The number of rotatable bonds is 2. The lowest BCUT2D eigenvalue weighted by Crippen LogP contribution is -2.41. The molecule has 7 rings (SSSR count). The van der Waals surface area contributed by atoms with Gasteiger partial charge < -0.3 is 10.2 Å². The van der Waals surface area contributed by atoms with E-state index in [1.54, 1.807) is 0 Å². The third kappa shape index (κ3) is 2.48. The Morgan fingerprint density at radius 3 is 1.72 bits per heavy atom. The van der Waals surface area contributed by atoms with E-state index in [2.05, 4.69) is 45.3 Å². The smallest absolute Gasteiger partial charge is 0.254 e. The standard InChI is InChI=1S/C25H17BrN2O4/c26-17-9-12(18(29)10-19(17)30)11-27-28-24(31)22-20-13-5-1-2-6-14(13)21(23(22)25(28)32)16-8-4-3-7-15(16)20/h1-11,20-23,29-30H/b27-11-/t20?,21?,22-,23-/m1/s1. The summed E-state index contributed by atoms with van der Waals surface area (Å²) in [4.78, 5) is 26.9. The van der Waals surface area contributed by atoms with Gasteiger partial charge in [0.2, 0.25) is 0 Å². The fraction of sp³-hybridized carbons (Fsp3) is 0.160. The highest BCUT2D eigenvalue weighted by Crippen LogP contribution is 2.60. The van der Waals surface area contributed by atoms with Crippen molar-refractivity contribution in [2.75, 3.05) is 0 Å². The number of amides is 2. The molecule has 0 unspecified atom stereocenters. The van der Waals surface area contributed by atoms with E-state index in [0.717, 1.165) is 27.3 Å². The zero-order valence-corrected chi connectivity index (χ0v) is 18.2. The number of benzene rings is 3. The summed E-state index contributed by atoms with van der Waals surface area (Å²) >= 11 is 3.19. The summed E-state index contributed by atoms with van der Waals surface area (Å²) < 4.78 is 0.369. The normalized spacial score (nSPS) is 25.2. The number of hydrogen-bond acceptors (Lipinski definition) is 5. The lowest BCUT2D eigenvalue weighted by Gasteiger charge is -2.45. The number of hydrogen-bond donors (Lipinski definition) is 2. The molecule has 2 amide bonds. The van der Waals surface area contributed by atoms with Gasteiger partial charge in [-0.1, -0.05) is 48.5 Å². The fourth-order valence-corrected chi connectivity index (χ4v) is 5.93. The summed E-state index contributed by atoms with van der Waals surface area (Å²) in [5.74, 6) is -2.36. The lowest BCUT2D eigenvalue weighted by molar-refractivity contribution is -0.139. The van der Waals surface area contributed by atoms with Crippen LogP contribution in [0.5, 0.6) is 11.5 Å². The molecule has 1 saturated heterocycles. The zero-order chi connectivity index (χ0) is 22.1. The van der Waals surface area contributed by atoms with Gasteiger partial charge in [-0.25, -0.2) is 0 Å². The molecule has 0 saturated carbocycles. The van der Waals surface area contributed by atoms with Crippen molar-refractivity contribution >= 4 is 34.0 Å². The van der Waals surface area contributed by atoms with Gasteiger partial charge in [-0.05, 0) is 44.3 Å². The number of aromatic hydroxyl groups is 2. The molecule has 0 radical (unpaired) electrons. The predicted molar refractivity (Wildman–Crippen MR) is 120 cm³/mol. The molecule has 1 aliphatic heterocycles. The monoisotopic (exact) mass is 488 g/mol. The maximum Gasteiger partial charge on any atom is 0.254 e. The van der Waals surface area contributed by atoms with Crippen LogP contribution in [0.3, 0.4) is 0 Å². The van der Waals surface area contributed by atoms with Crippen molar-refractivity contribution in [1.29, 1.82) is 0 Å². The van der Waals surface area contributed by atoms with Gasteiger partial charge in [0, 0.05) is 23.5 Å². The molecule has 2 bridgehead atoms. The molecular formula is C25H17BrN2O4. The van der Waals surface area contributed by atoms with Crippen molar-refractivity contribution in [3.63, 3.8) is 0 Å². The molecule has 32 heavy (non-hydrogen) atoms. The molecule has 3 aliphatic carbocycles. The maximum absolute atomic E-state index is 13.5. The first-order chi connectivity index (χ1) is 15.5. The topological polar surface area (TPSA) is 90.2 Å². The molecule has 4 aliphatic rings. The van der Waals surface area contributed by atoms with E-state index < -0.39 is 11.8 Å². The second kappa shape index (κ2) is 6.77. The number of phenols is 2. The summed E-state index contributed by atoms with van der Waals surface area (Å²) in [6.45, 7) is 0. The number of carbonyl (C=O) groups is 2. The number of nitrogens with zero attached hydrogens (tertiary/aromatic N) is 2. The second-order valence-corrected chi connectivity index (χ2v) is 9.21. The zero-order valence-electron chi connectivity index (χ0n) is 16.6. The van der Waals surface area contributed by atoms with Crippen LogP contribution in [-0.4, -0.2) is 33.3 Å². The van der Waals surface area contributed by atoms with Crippen molar-refractivity contribution in [1.82, 2.24) is 5.01 Å². The van der Waals surface area contributed by atoms with E-state index >= 15 is 0 Å². The third-order valence-corrected chi connectivity index (χ3v) is 7.47. The molecule has 158 valence electrons. The molecule has 1 heterocycles. The van der Waals surface area contributed by atoms with Crippen LogP contribution < -0.4 is 0 Å². The van der Waals surface area contributed by atoms with E-state index in [-0.39, 0.29) is 40.7 Å². The molecule has 2 atom stereocenters. The van der Waals surface area contributed by atoms with Crippen LogP contribution in [0.15, 0.2) is 70.2 Å². The lowest BCUT2D eigenvalue weighted by atomic mass is 9.55. The molecule has 0 aromatic heterocycles. The Morgan fingerprint density at radius 1 is 0.781 bits per heavy atom. The van der Waals surface area contributed by atoms with Crippen molar-refractivity contribution in [2.45, 2.75) is 11.8 Å². The summed E-state index contributed by atoms with van der Waals surface area (Å²) in [7, 11) is 0. The maximum atomic E-state index is 13.5. The van der Waals surface area contributed by atoms with E-state index in [0.29, 0.717) is 4.47 Å². The number of imide groups is 1. The summed E-state index contributed by atoms with van der Waals surface area (Å²) in [6.07, 6.45) is 1.27. The van der Waals surface area contributed by atoms with Gasteiger partial charge in [-0.15, -0.1) is 0 Å².